The van der Waals surface area contributed by atoms with Gasteiger partial charge in [-0.2, -0.15) is 0 Å². The molecule has 0 amide bonds. The molecule has 0 aromatic carbocycles. The summed E-state index contributed by atoms with van der Waals surface area (Å²) in [5.74, 6) is 2.36. The highest BCUT2D eigenvalue weighted by molar-refractivity contribution is 7.12. The standard InChI is InChI=1S/C24H29ClN4S2/c1-13(2)24-26-9-8-22(29-24)19-10-17(30-14(19)3)6-7-18-11-20(15(4)31-18)23-21(25)12-27-16(5)28-23/h8-13,22-23H,6-7H2,1-5H3,(H,26,29)(H,27,28). The van der Waals surface area contributed by atoms with Gasteiger partial charge in [-0.25, -0.2) is 9.98 Å². The van der Waals surface area contributed by atoms with Gasteiger partial charge < -0.3 is 10.6 Å². The van der Waals surface area contributed by atoms with Gasteiger partial charge in [-0.15, -0.1) is 22.7 Å². The molecule has 2 N–H and O–H groups in total. The van der Waals surface area contributed by atoms with Crippen molar-refractivity contribution in [3.63, 3.8) is 0 Å². The van der Waals surface area contributed by atoms with Crippen molar-refractivity contribution in [3.05, 3.63) is 66.3 Å². The SMILES string of the molecule is CC1=NC=C(Cl)C(c2cc(CCc3cc(C4C=CN=C(C(C)C)N4)c(C)s3)sc2C)N1. The lowest BCUT2D eigenvalue weighted by Crippen LogP contribution is -2.33. The molecule has 2 atom stereocenters. The average Bonchev–Trinajstić information content (AvgIpc) is 3.30. The van der Waals surface area contributed by atoms with E-state index in [2.05, 4.69) is 66.5 Å². The van der Waals surface area contributed by atoms with Crippen molar-refractivity contribution in [2.75, 3.05) is 0 Å². The first-order valence-electron chi connectivity index (χ1n) is 10.7. The quantitative estimate of drug-likeness (QED) is 0.499. The first kappa shape index (κ1) is 22.3. The van der Waals surface area contributed by atoms with Crippen molar-refractivity contribution in [1.82, 2.24) is 10.6 Å². The highest BCUT2D eigenvalue weighted by atomic mass is 35.5. The Hall–Kier alpha value is -1.89. The molecule has 7 heteroatoms. The molecule has 2 aromatic heterocycles. The maximum absolute atomic E-state index is 6.44. The van der Waals surface area contributed by atoms with E-state index in [1.165, 1.54) is 30.6 Å². The van der Waals surface area contributed by atoms with Gasteiger partial charge >= 0.3 is 0 Å². The lowest BCUT2D eigenvalue weighted by atomic mass is 10.0. The minimum absolute atomic E-state index is 0.0146. The van der Waals surface area contributed by atoms with Crippen molar-refractivity contribution in [3.8, 4) is 0 Å². The van der Waals surface area contributed by atoms with Crippen LogP contribution in [0.2, 0.25) is 0 Å². The van der Waals surface area contributed by atoms with Gasteiger partial charge in [0.05, 0.1) is 23.0 Å². The van der Waals surface area contributed by atoms with Gasteiger partial charge in [0.2, 0.25) is 0 Å². The summed E-state index contributed by atoms with van der Waals surface area (Å²) in [7, 11) is 0. The predicted octanol–water partition coefficient (Wildman–Crippen LogP) is 6.57. The molecular formula is C24H29ClN4S2. The van der Waals surface area contributed by atoms with E-state index in [-0.39, 0.29) is 12.1 Å². The van der Waals surface area contributed by atoms with E-state index >= 15 is 0 Å². The molecule has 0 saturated heterocycles. The molecule has 0 spiro atoms. The van der Waals surface area contributed by atoms with Gasteiger partial charge in [0.25, 0.3) is 0 Å². The zero-order valence-corrected chi connectivity index (χ0v) is 21.0. The molecule has 2 aromatic rings. The summed E-state index contributed by atoms with van der Waals surface area (Å²) in [6, 6.07) is 4.91. The second kappa shape index (κ2) is 9.31. The zero-order valence-electron chi connectivity index (χ0n) is 18.6. The molecule has 0 bridgehead atoms. The molecule has 4 heterocycles. The minimum atomic E-state index is 0.0146. The van der Waals surface area contributed by atoms with E-state index in [0.29, 0.717) is 5.92 Å². The summed E-state index contributed by atoms with van der Waals surface area (Å²) >= 11 is 10.2. The highest BCUT2D eigenvalue weighted by Gasteiger charge is 2.23. The van der Waals surface area contributed by atoms with Gasteiger partial charge in [-0.05, 0) is 62.9 Å². The first-order valence-corrected chi connectivity index (χ1v) is 12.7. The van der Waals surface area contributed by atoms with Crippen molar-refractivity contribution < 1.29 is 0 Å². The number of amidine groups is 2. The molecule has 2 aliphatic rings. The van der Waals surface area contributed by atoms with Crippen LogP contribution in [0, 0.1) is 19.8 Å². The second-order valence-electron chi connectivity index (χ2n) is 8.39. The van der Waals surface area contributed by atoms with Crippen molar-refractivity contribution >= 4 is 45.9 Å². The fourth-order valence-corrected chi connectivity index (χ4v) is 6.32. The van der Waals surface area contributed by atoms with E-state index in [1.807, 2.05) is 35.8 Å². The van der Waals surface area contributed by atoms with Gasteiger partial charge in [-0.3, -0.25) is 0 Å². The Bertz CT molecular complexity index is 1090. The topological polar surface area (TPSA) is 48.8 Å². The van der Waals surface area contributed by atoms with Gasteiger partial charge in [0.15, 0.2) is 0 Å². The molecule has 0 aliphatic carbocycles. The molecular weight excluding hydrogens is 444 g/mol. The van der Waals surface area contributed by atoms with E-state index in [1.54, 1.807) is 6.20 Å². The summed E-state index contributed by atoms with van der Waals surface area (Å²) in [4.78, 5) is 14.3. The van der Waals surface area contributed by atoms with Gasteiger partial charge in [0, 0.05) is 37.8 Å². The summed E-state index contributed by atoms with van der Waals surface area (Å²) < 4.78 is 0. The van der Waals surface area contributed by atoms with E-state index in [0.717, 1.165) is 29.5 Å². The zero-order chi connectivity index (χ0) is 22.1. The van der Waals surface area contributed by atoms with Crippen LogP contribution in [-0.4, -0.2) is 11.7 Å². The number of halogens is 1. The molecule has 4 rings (SSSR count). The molecule has 4 nitrogen and oxygen atoms in total. The van der Waals surface area contributed by atoms with Crippen molar-refractivity contribution in [1.29, 1.82) is 0 Å². The number of hydrogen-bond acceptors (Lipinski definition) is 6. The van der Waals surface area contributed by atoms with Crippen molar-refractivity contribution in [2.45, 2.75) is 59.5 Å². The average molecular weight is 473 g/mol. The molecule has 2 unspecified atom stereocenters. The largest absolute Gasteiger partial charge is 0.363 e. The van der Waals surface area contributed by atoms with E-state index in [9.17, 15) is 0 Å². The second-order valence-corrected chi connectivity index (χ2v) is 11.5. The van der Waals surface area contributed by atoms with Crippen LogP contribution < -0.4 is 10.6 Å². The van der Waals surface area contributed by atoms with Crippen LogP contribution in [0.3, 0.4) is 0 Å². The Kier molecular flexibility index (Phi) is 6.70. The fourth-order valence-electron chi connectivity index (χ4n) is 3.93. The Morgan fingerprint density at radius 3 is 2.29 bits per heavy atom. The van der Waals surface area contributed by atoms with Crippen LogP contribution in [0.4, 0.5) is 0 Å². The predicted molar refractivity (Wildman–Crippen MR) is 136 cm³/mol. The number of nitrogens with one attached hydrogen (secondary N) is 2. The molecule has 0 radical (unpaired) electrons. The normalized spacial score (nSPS) is 20.8. The molecule has 164 valence electrons. The van der Waals surface area contributed by atoms with Crippen LogP contribution >= 0.6 is 34.3 Å². The summed E-state index contributed by atoms with van der Waals surface area (Å²) in [6.45, 7) is 10.7. The summed E-state index contributed by atoms with van der Waals surface area (Å²) in [5.41, 5.74) is 2.63. The van der Waals surface area contributed by atoms with Crippen molar-refractivity contribution in [2.24, 2.45) is 15.9 Å². The van der Waals surface area contributed by atoms with Crippen LogP contribution in [0.15, 0.2) is 45.6 Å². The smallest absolute Gasteiger partial charge is 0.105 e. The lowest BCUT2D eigenvalue weighted by Gasteiger charge is -2.22. The fraction of sp³-hybridized carbons (Fsp3) is 0.417. The van der Waals surface area contributed by atoms with E-state index in [4.69, 9.17) is 11.6 Å². The maximum atomic E-state index is 6.44. The number of rotatable bonds is 6. The third-order valence-corrected chi connectivity index (χ3v) is 8.20. The number of nitrogens with zero attached hydrogens (tertiary/aromatic N) is 2. The van der Waals surface area contributed by atoms with E-state index < -0.39 is 0 Å². The lowest BCUT2D eigenvalue weighted by molar-refractivity contribution is 0.713. The van der Waals surface area contributed by atoms with Gasteiger partial charge in [-0.1, -0.05) is 25.4 Å². The maximum Gasteiger partial charge on any atom is 0.105 e. The molecule has 0 saturated carbocycles. The first-order chi connectivity index (χ1) is 14.8. The third-order valence-electron chi connectivity index (χ3n) is 5.63. The Morgan fingerprint density at radius 2 is 1.61 bits per heavy atom. The van der Waals surface area contributed by atoms with Gasteiger partial charge in [0.1, 0.15) is 5.84 Å². The monoisotopic (exact) mass is 472 g/mol. The molecule has 0 fully saturated rings. The Labute approximate surface area is 197 Å². The molecule has 31 heavy (non-hydrogen) atoms. The Balaban J connectivity index is 1.44. The number of thiophene rings is 2. The minimum Gasteiger partial charge on any atom is -0.363 e. The van der Waals surface area contributed by atoms with Crippen LogP contribution in [-0.2, 0) is 12.8 Å². The molecule has 2 aliphatic heterocycles. The van der Waals surface area contributed by atoms with Crippen LogP contribution in [0.5, 0.6) is 0 Å². The highest BCUT2D eigenvalue weighted by Crippen LogP contribution is 2.35. The third kappa shape index (κ3) is 4.97. The number of aliphatic imine (C=N–C) groups is 2. The van der Waals surface area contributed by atoms with Crippen LogP contribution in [0.25, 0.3) is 0 Å². The summed E-state index contributed by atoms with van der Waals surface area (Å²) in [5, 5.41) is 7.74. The van der Waals surface area contributed by atoms with Crippen LogP contribution in [0.1, 0.15) is 63.5 Å². The summed E-state index contributed by atoms with van der Waals surface area (Å²) in [6.07, 6.45) is 7.94. The Morgan fingerprint density at radius 1 is 0.968 bits per heavy atom. The number of hydrogen-bond donors (Lipinski definition) is 2. The number of aryl methyl sites for hydroxylation is 4.